The second-order valence-electron chi connectivity index (χ2n) is 7.15. The van der Waals surface area contributed by atoms with E-state index in [4.69, 9.17) is 4.74 Å². The summed E-state index contributed by atoms with van der Waals surface area (Å²) in [6.45, 7) is 0. The molecule has 1 aliphatic carbocycles. The highest BCUT2D eigenvalue weighted by Gasteiger charge is 2.39. The maximum absolute atomic E-state index is 13.8. The van der Waals surface area contributed by atoms with Crippen LogP contribution < -0.4 is 10.3 Å². The number of halogens is 5. The maximum Gasteiger partial charge on any atom is 0.349 e. The molecule has 31 heavy (non-hydrogen) atoms. The molecule has 0 unspecified atom stereocenters. The van der Waals surface area contributed by atoms with Crippen LogP contribution in [0.4, 0.5) is 22.0 Å². The number of carbonyl (C=O) groups excluding carboxylic acids is 1. The third-order valence-electron chi connectivity index (χ3n) is 5.51. The number of esters is 1. The molecule has 162 valence electrons. The molecule has 0 bridgehead atoms. The van der Waals surface area contributed by atoms with E-state index in [1.807, 2.05) is 0 Å². The van der Waals surface area contributed by atoms with Gasteiger partial charge in [0.15, 0.2) is 0 Å². The first-order chi connectivity index (χ1) is 14.7. The largest absolute Gasteiger partial charge is 0.416 e. The molecule has 5 nitrogen and oxygen atoms in total. The van der Waals surface area contributed by atoms with E-state index >= 15 is 0 Å². The average Bonchev–Trinajstić information content (AvgIpc) is 2.73. The van der Waals surface area contributed by atoms with Gasteiger partial charge in [0, 0.05) is 12.6 Å². The van der Waals surface area contributed by atoms with Gasteiger partial charge in [-0.05, 0) is 42.3 Å². The average molecular weight is 439 g/mol. The standard InChI is InChI=1S/C21H14F5NO4/c1-30-21(5-2-6-21)10-4-3-9-7-11(19(28)27-12(9)8-10)20(29)31-18-16(25)14(23)13(22)15(24)17(18)26/h3-4,7-8H,2,5-6H2,1H3,(H,27,28). The van der Waals surface area contributed by atoms with Gasteiger partial charge in [-0.15, -0.1) is 0 Å². The summed E-state index contributed by atoms with van der Waals surface area (Å²) >= 11 is 0. The van der Waals surface area contributed by atoms with E-state index in [0.29, 0.717) is 10.9 Å². The van der Waals surface area contributed by atoms with Gasteiger partial charge in [0.25, 0.3) is 5.56 Å². The molecule has 0 aliphatic heterocycles. The number of ether oxygens (including phenoxy) is 2. The van der Waals surface area contributed by atoms with E-state index in [9.17, 15) is 31.5 Å². The minimum absolute atomic E-state index is 0.374. The Morgan fingerprint density at radius 2 is 1.58 bits per heavy atom. The third-order valence-corrected chi connectivity index (χ3v) is 5.51. The molecular formula is C21H14F5NO4. The van der Waals surface area contributed by atoms with E-state index in [2.05, 4.69) is 9.72 Å². The predicted molar refractivity (Wildman–Crippen MR) is 98.3 cm³/mol. The first kappa shape index (κ1) is 21.0. The van der Waals surface area contributed by atoms with E-state index in [1.165, 1.54) is 0 Å². The molecule has 1 aliphatic rings. The highest BCUT2D eigenvalue weighted by atomic mass is 19.2. The van der Waals surface area contributed by atoms with E-state index in [1.54, 1.807) is 25.3 Å². The normalized spacial score (nSPS) is 15.0. The molecule has 3 aromatic rings. The first-order valence-electron chi connectivity index (χ1n) is 9.15. The van der Waals surface area contributed by atoms with Crippen molar-refractivity contribution in [3.63, 3.8) is 0 Å². The molecule has 0 atom stereocenters. The van der Waals surface area contributed by atoms with Crippen molar-refractivity contribution >= 4 is 16.9 Å². The van der Waals surface area contributed by atoms with Crippen LogP contribution in [0.1, 0.15) is 35.2 Å². The van der Waals surface area contributed by atoms with Gasteiger partial charge in [-0.25, -0.2) is 18.0 Å². The monoisotopic (exact) mass is 439 g/mol. The summed E-state index contributed by atoms with van der Waals surface area (Å²) in [7, 11) is 1.59. The number of pyridine rings is 1. The summed E-state index contributed by atoms with van der Waals surface area (Å²) in [4.78, 5) is 27.1. The predicted octanol–water partition coefficient (Wildman–Crippen LogP) is 4.47. The zero-order valence-electron chi connectivity index (χ0n) is 16.0. The third kappa shape index (κ3) is 3.27. The number of methoxy groups -OCH3 is 1. The zero-order chi connectivity index (χ0) is 22.5. The highest BCUT2D eigenvalue weighted by molar-refractivity contribution is 5.95. The number of benzene rings is 2. The summed E-state index contributed by atoms with van der Waals surface area (Å²) in [5.74, 6) is -15.0. The number of carbonyl (C=O) groups is 1. The summed E-state index contributed by atoms with van der Waals surface area (Å²) in [6.07, 6.45) is 2.61. The van der Waals surface area contributed by atoms with Crippen molar-refractivity contribution in [1.29, 1.82) is 0 Å². The molecule has 2 aromatic carbocycles. The molecule has 1 saturated carbocycles. The number of aromatic nitrogens is 1. The second kappa shape index (κ2) is 7.45. The van der Waals surface area contributed by atoms with E-state index in [-0.39, 0.29) is 0 Å². The SMILES string of the molecule is COC1(c2ccc3cc(C(=O)Oc4c(F)c(F)c(F)c(F)c4F)c(=O)[nH]c3c2)CCC1. The molecule has 1 aromatic heterocycles. The van der Waals surface area contributed by atoms with Crippen LogP contribution in [-0.4, -0.2) is 18.1 Å². The Morgan fingerprint density at radius 3 is 2.13 bits per heavy atom. The highest BCUT2D eigenvalue weighted by Crippen LogP contribution is 2.44. The van der Waals surface area contributed by atoms with Crippen LogP contribution in [-0.2, 0) is 10.3 Å². The van der Waals surface area contributed by atoms with Gasteiger partial charge in [-0.1, -0.05) is 12.1 Å². The van der Waals surface area contributed by atoms with Crippen molar-refractivity contribution in [3.8, 4) is 5.75 Å². The topological polar surface area (TPSA) is 68.4 Å². The van der Waals surface area contributed by atoms with E-state index in [0.717, 1.165) is 30.9 Å². The van der Waals surface area contributed by atoms with Crippen LogP contribution in [0.2, 0.25) is 0 Å². The van der Waals surface area contributed by atoms with Gasteiger partial charge < -0.3 is 14.5 Å². The van der Waals surface area contributed by atoms with Gasteiger partial charge >= 0.3 is 5.97 Å². The van der Waals surface area contributed by atoms with Crippen LogP contribution >= 0.6 is 0 Å². The number of hydrogen-bond acceptors (Lipinski definition) is 4. The molecule has 1 heterocycles. The lowest BCUT2D eigenvalue weighted by Gasteiger charge is -2.41. The summed E-state index contributed by atoms with van der Waals surface area (Å²) in [6, 6.07) is 6.16. The molecule has 10 heteroatoms. The number of nitrogens with one attached hydrogen (secondary N) is 1. The molecule has 1 fully saturated rings. The summed E-state index contributed by atoms with van der Waals surface area (Å²) in [5, 5.41) is 0.387. The van der Waals surface area contributed by atoms with Gasteiger partial charge in [-0.3, -0.25) is 4.79 Å². The Balaban J connectivity index is 1.71. The lowest BCUT2D eigenvalue weighted by atomic mass is 9.74. The Bertz CT molecular complexity index is 1250. The molecular weight excluding hydrogens is 425 g/mol. The smallest absolute Gasteiger partial charge is 0.349 e. The Morgan fingerprint density at radius 1 is 0.968 bits per heavy atom. The van der Waals surface area contributed by atoms with Crippen molar-refractivity contribution in [1.82, 2.24) is 4.98 Å². The molecule has 1 N–H and O–H groups in total. The number of hydrogen-bond donors (Lipinski definition) is 1. The van der Waals surface area contributed by atoms with Crippen LogP contribution in [0, 0.1) is 29.1 Å². The minimum Gasteiger partial charge on any atom is -0.416 e. The fourth-order valence-corrected chi connectivity index (χ4v) is 3.57. The second-order valence-corrected chi connectivity index (χ2v) is 7.15. The molecule has 0 saturated heterocycles. The van der Waals surface area contributed by atoms with Crippen molar-refractivity contribution < 1.29 is 36.2 Å². The number of aromatic amines is 1. The van der Waals surface area contributed by atoms with Crippen LogP contribution in [0.3, 0.4) is 0 Å². The molecule has 0 radical (unpaired) electrons. The number of fused-ring (bicyclic) bond motifs is 1. The molecule has 0 amide bonds. The Labute approximate surface area is 171 Å². The Kier molecular flexibility index (Phi) is 5.04. The lowest BCUT2D eigenvalue weighted by molar-refractivity contribution is -0.0777. The lowest BCUT2D eigenvalue weighted by Crippen LogP contribution is -2.36. The van der Waals surface area contributed by atoms with Gasteiger partial charge in [0.05, 0.1) is 5.60 Å². The van der Waals surface area contributed by atoms with Crippen molar-refractivity contribution in [3.05, 3.63) is 74.8 Å². The van der Waals surface area contributed by atoms with Crippen molar-refractivity contribution in [2.75, 3.05) is 7.11 Å². The summed E-state index contributed by atoms with van der Waals surface area (Å²) < 4.78 is 77.2. The quantitative estimate of drug-likeness (QED) is 0.214. The van der Waals surface area contributed by atoms with Gasteiger partial charge in [-0.2, -0.15) is 8.78 Å². The number of H-pyrrole nitrogens is 1. The first-order valence-corrected chi connectivity index (χ1v) is 9.15. The maximum atomic E-state index is 13.8. The van der Waals surface area contributed by atoms with Gasteiger partial charge in [0.2, 0.25) is 34.8 Å². The van der Waals surface area contributed by atoms with Gasteiger partial charge in [0.1, 0.15) is 5.56 Å². The summed E-state index contributed by atoms with van der Waals surface area (Å²) in [5.41, 5.74) is -0.873. The zero-order valence-corrected chi connectivity index (χ0v) is 16.0. The minimum atomic E-state index is -2.39. The van der Waals surface area contributed by atoms with Crippen molar-refractivity contribution in [2.45, 2.75) is 24.9 Å². The number of rotatable bonds is 4. The van der Waals surface area contributed by atoms with Crippen LogP contribution in [0.15, 0.2) is 29.1 Å². The van der Waals surface area contributed by atoms with E-state index < -0.39 is 57.5 Å². The fraction of sp³-hybridized carbons (Fsp3) is 0.238. The molecule has 0 spiro atoms. The van der Waals surface area contributed by atoms with Crippen molar-refractivity contribution in [2.24, 2.45) is 0 Å². The van der Waals surface area contributed by atoms with Crippen LogP contribution in [0.25, 0.3) is 10.9 Å². The Hall–Kier alpha value is -3.27. The fourth-order valence-electron chi connectivity index (χ4n) is 3.57. The molecule has 4 rings (SSSR count). The van der Waals surface area contributed by atoms with Crippen LogP contribution in [0.5, 0.6) is 5.75 Å².